The highest BCUT2D eigenvalue weighted by Gasteiger charge is 2.13. The number of phenolic OH excluding ortho intramolecular Hbond substituents is 3. The highest BCUT2D eigenvalue weighted by molar-refractivity contribution is 6.03. The predicted molar refractivity (Wildman–Crippen MR) is 223 cm³/mol. The largest absolute Gasteiger partial charge is 0.508 e. The number of aromatic hydroxyl groups is 3. The molecule has 262 valence electrons. The van der Waals surface area contributed by atoms with E-state index in [9.17, 15) is 15.3 Å². The van der Waals surface area contributed by atoms with Crippen LogP contribution in [-0.2, 0) is 0 Å². The lowest BCUT2D eigenvalue weighted by Gasteiger charge is -2.13. The fraction of sp³-hybridized carbons (Fsp3) is 0. The van der Waals surface area contributed by atoms with Gasteiger partial charge < -0.3 is 24.8 Å². The van der Waals surface area contributed by atoms with Gasteiger partial charge in [-0.05, 0) is 162 Å². The highest BCUT2D eigenvalue weighted by Crippen LogP contribution is 2.41. The van der Waals surface area contributed by atoms with Gasteiger partial charge in [-0.25, -0.2) is 0 Å². The van der Waals surface area contributed by atoms with E-state index >= 15 is 0 Å². The minimum Gasteiger partial charge on any atom is -0.508 e. The quantitative estimate of drug-likeness (QED) is 0.160. The van der Waals surface area contributed by atoms with Crippen molar-refractivity contribution in [3.63, 3.8) is 0 Å². The predicted octanol–water partition coefficient (Wildman–Crippen LogP) is 13.5. The lowest BCUT2D eigenvalue weighted by molar-refractivity contribution is 0.475. The smallest absolute Gasteiger partial charge is 0.128 e. The van der Waals surface area contributed by atoms with Crippen molar-refractivity contribution in [1.29, 1.82) is 0 Å². The van der Waals surface area contributed by atoms with Crippen LogP contribution in [0.3, 0.4) is 0 Å². The second-order valence-electron chi connectivity index (χ2n) is 13.9. The topological polar surface area (TPSA) is 79.2 Å². The molecule has 0 saturated heterocycles. The molecule has 0 atom stereocenters. The van der Waals surface area contributed by atoms with Gasteiger partial charge in [-0.1, -0.05) is 84.9 Å². The van der Waals surface area contributed by atoms with Crippen LogP contribution in [-0.4, -0.2) is 15.3 Å². The molecule has 0 unspecified atom stereocenters. The summed E-state index contributed by atoms with van der Waals surface area (Å²) in [6, 6.07) is 56.9. The number of benzene rings is 10. The van der Waals surface area contributed by atoms with Gasteiger partial charge in [0.1, 0.15) is 40.2 Å². The second kappa shape index (κ2) is 12.9. The van der Waals surface area contributed by atoms with Crippen molar-refractivity contribution in [2.45, 2.75) is 0 Å². The molecule has 0 radical (unpaired) electrons. The molecule has 0 aliphatic heterocycles. The third-order valence-electron chi connectivity index (χ3n) is 10.3. The van der Waals surface area contributed by atoms with Gasteiger partial charge in [0.2, 0.25) is 0 Å². The molecule has 3 N–H and O–H groups in total. The molecule has 0 amide bonds. The van der Waals surface area contributed by atoms with E-state index in [1.165, 1.54) is 0 Å². The lowest BCUT2D eigenvalue weighted by atomic mass is 9.95. The third kappa shape index (κ3) is 6.04. The molecule has 10 aromatic carbocycles. The van der Waals surface area contributed by atoms with Gasteiger partial charge in [0.15, 0.2) is 0 Å². The molecule has 10 aromatic rings. The summed E-state index contributed by atoms with van der Waals surface area (Å²) in [6.45, 7) is 0. The normalized spacial score (nSPS) is 11.5. The maximum Gasteiger partial charge on any atom is 0.128 e. The average Bonchev–Trinajstić information content (AvgIpc) is 3.20. The summed E-state index contributed by atoms with van der Waals surface area (Å²) in [5.41, 5.74) is 3.69. The Labute approximate surface area is 316 Å². The molecule has 5 nitrogen and oxygen atoms in total. The summed E-state index contributed by atoms with van der Waals surface area (Å²) in [7, 11) is 0. The Morgan fingerprint density at radius 3 is 1.40 bits per heavy atom. The molecular weight excluding hydrogens is 681 g/mol. The summed E-state index contributed by atoms with van der Waals surface area (Å²) in [6.07, 6.45) is 0. The summed E-state index contributed by atoms with van der Waals surface area (Å²) >= 11 is 0. The Morgan fingerprint density at radius 1 is 0.309 bits per heavy atom. The first kappa shape index (κ1) is 32.2. The zero-order valence-electron chi connectivity index (χ0n) is 29.4. The molecule has 0 heterocycles. The van der Waals surface area contributed by atoms with Gasteiger partial charge >= 0.3 is 0 Å². The van der Waals surface area contributed by atoms with E-state index in [1.54, 1.807) is 30.3 Å². The monoisotopic (exact) mass is 712 g/mol. The molecule has 0 aromatic heterocycles. The van der Waals surface area contributed by atoms with Crippen molar-refractivity contribution < 1.29 is 24.8 Å². The van der Waals surface area contributed by atoms with Crippen LogP contribution in [0.15, 0.2) is 176 Å². The van der Waals surface area contributed by atoms with Crippen LogP contribution in [0.4, 0.5) is 0 Å². The maximum absolute atomic E-state index is 11.1. The molecule has 0 saturated carbocycles. The van der Waals surface area contributed by atoms with E-state index in [4.69, 9.17) is 9.47 Å². The standard InChI is InChI=1S/C50H32O5/c51-40-15-8-30-4-6-35(22-37(30)24-40)46-3-1-2-33-12-19-44(28-47(33)46)54-42-17-10-32-11-18-43(27-39(32)26-42)55-45-20-13-34-14-21-49(53)50(48(34)29-45)36-7-5-31-9-16-41(52)25-38(31)23-36/h1-29,51-53H. The average molecular weight is 713 g/mol. The Morgan fingerprint density at radius 2 is 0.764 bits per heavy atom. The molecule has 0 bridgehead atoms. The van der Waals surface area contributed by atoms with Crippen molar-refractivity contribution >= 4 is 53.9 Å². The number of rotatable bonds is 6. The SMILES string of the molecule is Oc1ccc2ccc(-c3cccc4ccc(Oc5ccc6ccc(Oc7ccc8ccc(O)c(-c9ccc%10ccc(O)cc%10c9)c8c7)cc6c5)cc34)cc2c1. The highest BCUT2D eigenvalue weighted by atomic mass is 16.5. The maximum atomic E-state index is 11.1. The molecule has 0 spiro atoms. The van der Waals surface area contributed by atoms with Crippen LogP contribution >= 0.6 is 0 Å². The zero-order valence-corrected chi connectivity index (χ0v) is 29.4. The van der Waals surface area contributed by atoms with Crippen LogP contribution in [0.25, 0.3) is 76.1 Å². The second-order valence-corrected chi connectivity index (χ2v) is 13.9. The van der Waals surface area contributed by atoms with Gasteiger partial charge in [0, 0.05) is 5.56 Å². The first-order chi connectivity index (χ1) is 26.9. The third-order valence-corrected chi connectivity index (χ3v) is 10.3. The molecular formula is C50H32O5. The molecule has 0 aliphatic rings. The number of hydrogen-bond donors (Lipinski definition) is 3. The Kier molecular flexibility index (Phi) is 7.53. The van der Waals surface area contributed by atoms with E-state index in [0.717, 1.165) is 76.3 Å². The van der Waals surface area contributed by atoms with E-state index < -0.39 is 0 Å². The van der Waals surface area contributed by atoms with Crippen molar-refractivity contribution in [3.05, 3.63) is 176 Å². The minimum absolute atomic E-state index is 0.167. The molecule has 0 aliphatic carbocycles. The van der Waals surface area contributed by atoms with E-state index in [0.29, 0.717) is 22.8 Å². The van der Waals surface area contributed by atoms with Crippen molar-refractivity contribution in [2.24, 2.45) is 0 Å². The molecule has 10 rings (SSSR count). The van der Waals surface area contributed by atoms with Crippen LogP contribution in [0.1, 0.15) is 0 Å². The van der Waals surface area contributed by atoms with E-state index in [-0.39, 0.29) is 17.2 Å². The van der Waals surface area contributed by atoms with Crippen LogP contribution < -0.4 is 9.47 Å². The van der Waals surface area contributed by atoms with Gasteiger partial charge in [0.05, 0.1) is 0 Å². The first-order valence-electron chi connectivity index (χ1n) is 18.0. The summed E-state index contributed by atoms with van der Waals surface area (Å²) < 4.78 is 12.9. The number of phenols is 3. The van der Waals surface area contributed by atoms with Crippen LogP contribution in [0.2, 0.25) is 0 Å². The molecule has 5 heteroatoms. The fourth-order valence-electron chi connectivity index (χ4n) is 7.61. The van der Waals surface area contributed by atoms with Crippen molar-refractivity contribution in [3.8, 4) is 62.5 Å². The van der Waals surface area contributed by atoms with Gasteiger partial charge in [0.25, 0.3) is 0 Å². The van der Waals surface area contributed by atoms with E-state index in [2.05, 4.69) is 48.5 Å². The van der Waals surface area contributed by atoms with Crippen molar-refractivity contribution in [2.75, 3.05) is 0 Å². The lowest BCUT2D eigenvalue weighted by Crippen LogP contribution is -1.89. The summed E-state index contributed by atoms with van der Waals surface area (Å²) in [5.74, 6) is 3.35. The van der Waals surface area contributed by atoms with Crippen molar-refractivity contribution in [1.82, 2.24) is 0 Å². The first-order valence-corrected chi connectivity index (χ1v) is 18.0. The van der Waals surface area contributed by atoms with Crippen LogP contribution in [0, 0.1) is 0 Å². The summed E-state index contributed by atoms with van der Waals surface area (Å²) in [5, 5.41) is 41.2. The molecule has 55 heavy (non-hydrogen) atoms. The number of fused-ring (bicyclic) bond motifs is 5. The minimum atomic E-state index is 0.167. The van der Waals surface area contributed by atoms with Gasteiger partial charge in [-0.3, -0.25) is 0 Å². The molecule has 0 fully saturated rings. The number of hydrogen-bond acceptors (Lipinski definition) is 5. The Balaban J connectivity index is 0.952. The summed E-state index contributed by atoms with van der Waals surface area (Å²) in [4.78, 5) is 0. The van der Waals surface area contributed by atoms with E-state index in [1.807, 2.05) is 97.1 Å². The number of ether oxygens (including phenoxy) is 2. The van der Waals surface area contributed by atoms with Gasteiger partial charge in [-0.2, -0.15) is 0 Å². The fourth-order valence-corrected chi connectivity index (χ4v) is 7.61. The Bertz CT molecular complexity index is 3150. The van der Waals surface area contributed by atoms with Gasteiger partial charge in [-0.15, -0.1) is 0 Å². The van der Waals surface area contributed by atoms with Crippen LogP contribution in [0.5, 0.6) is 40.2 Å². The zero-order chi connectivity index (χ0) is 37.0. The Hall–Kier alpha value is -7.50.